The molecule has 0 aliphatic heterocycles. The number of urea groups is 1. The van der Waals surface area contributed by atoms with Gasteiger partial charge in [0.15, 0.2) is 0 Å². The minimum atomic E-state index is -0.627. The molecule has 3 aromatic rings. The third kappa shape index (κ3) is 7.37. The van der Waals surface area contributed by atoms with Gasteiger partial charge in [-0.05, 0) is 67.0 Å². The quantitative estimate of drug-likeness (QED) is 0.224. The Labute approximate surface area is 209 Å². The van der Waals surface area contributed by atoms with Gasteiger partial charge in [0, 0.05) is 23.4 Å². The molecule has 5 nitrogen and oxygen atoms in total. The Hall–Kier alpha value is -4.26. The van der Waals surface area contributed by atoms with Crippen LogP contribution in [0.25, 0.3) is 18.2 Å². The SMILES string of the molecule is COC(=O)/C=C/c1cccc(N(Cc2ccc(/C=C/c3c(F)cccc3F)cc2)C(=O)NC(C)C)c1. The van der Waals surface area contributed by atoms with Crippen LogP contribution in [0.5, 0.6) is 0 Å². The number of halogens is 2. The smallest absolute Gasteiger partial charge is 0.330 e. The van der Waals surface area contributed by atoms with E-state index in [9.17, 15) is 18.4 Å². The maximum absolute atomic E-state index is 13.9. The van der Waals surface area contributed by atoms with Gasteiger partial charge in [-0.1, -0.05) is 48.5 Å². The lowest BCUT2D eigenvalue weighted by Crippen LogP contribution is -2.42. The molecule has 2 amide bonds. The van der Waals surface area contributed by atoms with Crippen molar-refractivity contribution in [2.24, 2.45) is 0 Å². The largest absolute Gasteiger partial charge is 0.466 e. The van der Waals surface area contributed by atoms with Gasteiger partial charge in [0.1, 0.15) is 11.6 Å². The van der Waals surface area contributed by atoms with Crippen LogP contribution in [0.4, 0.5) is 19.3 Å². The lowest BCUT2D eigenvalue weighted by Gasteiger charge is -2.25. The van der Waals surface area contributed by atoms with Crippen LogP contribution in [-0.4, -0.2) is 25.2 Å². The van der Waals surface area contributed by atoms with E-state index in [1.807, 2.05) is 50.2 Å². The summed E-state index contributed by atoms with van der Waals surface area (Å²) in [7, 11) is 1.31. The summed E-state index contributed by atoms with van der Waals surface area (Å²) >= 11 is 0. The van der Waals surface area contributed by atoms with Gasteiger partial charge in [-0.15, -0.1) is 0 Å². The summed E-state index contributed by atoms with van der Waals surface area (Å²) < 4.78 is 32.4. The molecule has 0 spiro atoms. The summed E-state index contributed by atoms with van der Waals surface area (Å²) in [5, 5.41) is 2.91. The van der Waals surface area contributed by atoms with Gasteiger partial charge in [0.05, 0.1) is 13.7 Å². The highest BCUT2D eigenvalue weighted by atomic mass is 19.1. The molecule has 0 bridgehead atoms. The van der Waals surface area contributed by atoms with Crippen LogP contribution < -0.4 is 10.2 Å². The average Bonchev–Trinajstić information content (AvgIpc) is 2.86. The standard InChI is InChI=1S/C29H28F2N2O3/c1-20(2)32-29(35)33(24-7-4-6-22(18-24)15-17-28(34)36-3)19-23-12-10-21(11-13-23)14-16-25-26(30)8-5-9-27(25)31/h4-18,20H,19H2,1-3H3,(H,32,35)/b16-14+,17-15+. The van der Waals surface area contributed by atoms with Crippen LogP contribution in [-0.2, 0) is 16.1 Å². The molecule has 3 rings (SSSR count). The highest BCUT2D eigenvalue weighted by Crippen LogP contribution is 2.21. The molecule has 1 N–H and O–H groups in total. The molecule has 0 saturated carbocycles. The molecule has 0 heterocycles. The Kier molecular flexibility index (Phi) is 9.11. The second kappa shape index (κ2) is 12.4. The first-order valence-electron chi connectivity index (χ1n) is 11.4. The van der Waals surface area contributed by atoms with Crippen LogP contribution in [0.1, 0.15) is 36.1 Å². The number of esters is 1. The van der Waals surface area contributed by atoms with Crippen molar-refractivity contribution >= 4 is 35.9 Å². The molecule has 3 aromatic carbocycles. The number of carbonyl (C=O) groups excluding carboxylic acids is 2. The van der Waals surface area contributed by atoms with E-state index in [-0.39, 0.29) is 24.2 Å². The molecule has 0 saturated heterocycles. The molecule has 0 fully saturated rings. The van der Waals surface area contributed by atoms with Crippen molar-refractivity contribution in [2.45, 2.75) is 26.4 Å². The second-order valence-corrected chi connectivity index (χ2v) is 8.35. The van der Waals surface area contributed by atoms with Gasteiger partial charge >= 0.3 is 12.0 Å². The van der Waals surface area contributed by atoms with Crippen molar-refractivity contribution in [3.8, 4) is 0 Å². The first-order chi connectivity index (χ1) is 17.3. The number of nitrogens with one attached hydrogen (secondary N) is 1. The number of benzene rings is 3. The van der Waals surface area contributed by atoms with Crippen molar-refractivity contribution < 1.29 is 23.1 Å². The number of hydrogen-bond donors (Lipinski definition) is 1. The predicted octanol–water partition coefficient (Wildman–Crippen LogP) is 6.45. The fourth-order valence-electron chi connectivity index (χ4n) is 3.40. The number of hydrogen-bond acceptors (Lipinski definition) is 3. The van der Waals surface area contributed by atoms with E-state index >= 15 is 0 Å². The van der Waals surface area contributed by atoms with E-state index in [2.05, 4.69) is 10.1 Å². The Balaban J connectivity index is 1.82. The zero-order valence-electron chi connectivity index (χ0n) is 20.4. The van der Waals surface area contributed by atoms with Gasteiger partial charge in [-0.25, -0.2) is 18.4 Å². The number of nitrogens with zero attached hydrogens (tertiary/aromatic N) is 1. The van der Waals surface area contributed by atoms with Crippen LogP contribution in [0.3, 0.4) is 0 Å². The van der Waals surface area contributed by atoms with E-state index in [0.717, 1.165) is 16.7 Å². The fraction of sp³-hybridized carbons (Fsp3) is 0.172. The lowest BCUT2D eigenvalue weighted by atomic mass is 10.1. The van der Waals surface area contributed by atoms with E-state index in [4.69, 9.17) is 0 Å². The Bertz CT molecular complexity index is 1250. The zero-order chi connectivity index (χ0) is 26.1. The van der Waals surface area contributed by atoms with Crippen molar-refractivity contribution in [2.75, 3.05) is 12.0 Å². The summed E-state index contributed by atoms with van der Waals surface area (Å²) in [6.07, 6.45) is 5.96. The average molecular weight is 491 g/mol. The van der Waals surface area contributed by atoms with E-state index < -0.39 is 17.6 Å². The van der Waals surface area contributed by atoms with Crippen LogP contribution in [0, 0.1) is 11.6 Å². The molecular formula is C29H28F2N2O3. The van der Waals surface area contributed by atoms with Crippen molar-refractivity contribution in [3.63, 3.8) is 0 Å². The number of amides is 2. The summed E-state index contributed by atoms with van der Waals surface area (Å²) in [6.45, 7) is 4.05. The first-order valence-corrected chi connectivity index (χ1v) is 11.4. The molecule has 0 aromatic heterocycles. The second-order valence-electron chi connectivity index (χ2n) is 8.35. The topological polar surface area (TPSA) is 58.6 Å². The van der Waals surface area contributed by atoms with E-state index in [1.54, 1.807) is 29.2 Å². The zero-order valence-corrected chi connectivity index (χ0v) is 20.4. The van der Waals surface area contributed by atoms with Gasteiger partial charge in [-0.3, -0.25) is 4.90 Å². The van der Waals surface area contributed by atoms with E-state index in [1.165, 1.54) is 37.5 Å². The van der Waals surface area contributed by atoms with Crippen LogP contribution in [0.2, 0.25) is 0 Å². The van der Waals surface area contributed by atoms with Gasteiger partial charge in [0.25, 0.3) is 0 Å². The molecule has 0 aliphatic rings. The third-order valence-electron chi connectivity index (χ3n) is 5.21. The molecule has 7 heteroatoms. The highest BCUT2D eigenvalue weighted by Gasteiger charge is 2.17. The van der Waals surface area contributed by atoms with Gasteiger partial charge < -0.3 is 10.1 Å². The monoisotopic (exact) mass is 490 g/mol. The first kappa shape index (κ1) is 26.3. The number of ether oxygens (including phenoxy) is 1. The van der Waals surface area contributed by atoms with Gasteiger partial charge in [-0.2, -0.15) is 0 Å². The summed E-state index contributed by atoms with van der Waals surface area (Å²) in [4.78, 5) is 26.1. The lowest BCUT2D eigenvalue weighted by molar-refractivity contribution is -0.134. The minimum Gasteiger partial charge on any atom is -0.466 e. The molecule has 36 heavy (non-hydrogen) atoms. The third-order valence-corrected chi connectivity index (χ3v) is 5.21. The maximum Gasteiger partial charge on any atom is 0.330 e. The predicted molar refractivity (Wildman–Crippen MR) is 139 cm³/mol. The van der Waals surface area contributed by atoms with Crippen LogP contribution >= 0.6 is 0 Å². The van der Waals surface area contributed by atoms with E-state index in [0.29, 0.717) is 5.69 Å². The minimum absolute atomic E-state index is 0.0614. The Morgan fingerprint density at radius 2 is 1.58 bits per heavy atom. The number of carbonyl (C=O) groups is 2. The molecule has 0 aliphatic carbocycles. The Morgan fingerprint density at radius 1 is 0.917 bits per heavy atom. The van der Waals surface area contributed by atoms with Gasteiger partial charge in [0.2, 0.25) is 0 Å². The number of rotatable bonds is 8. The number of methoxy groups -OCH3 is 1. The summed E-state index contributed by atoms with van der Waals surface area (Å²) in [6, 6.07) is 18.0. The van der Waals surface area contributed by atoms with Crippen molar-refractivity contribution in [3.05, 3.63) is 107 Å². The molecule has 0 radical (unpaired) electrons. The van der Waals surface area contributed by atoms with Crippen LogP contribution in [0.15, 0.2) is 72.8 Å². The molecule has 186 valence electrons. The maximum atomic E-state index is 13.9. The molecule has 0 atom stereocenters. The number of anilines is 1. The normalized spacial score (nSPS) is 11.3. The Morgan fingerprint density at radius 3 is 2.22 bits per heavy atom. The molecule has 0 unspecified atom stereocenters. The summed E-state index contributed by atoms with van der Waals surface area (Å²) in [5.74, 6) is -1.72. The van der Waals surface area contributed by atoms with Crippen molar-refractivity contribution in [1.29, 1.82) is 0 Å². The molecular weight excluding hydrogens is 462 g/mol. The fourth-order valence-corrected chi connectivity index (χ4v) is 3.40. The summed E-state index contributed by atoms with van der Waals surface area (Å²) in [5.41, 5.74) is 2.91. The van der Waals surface area contributed by atoms with Crippen molar-refractivity contribution in [1.82, 2.24) is 5.32 Å². The highest BCUT2D eigenvalue weighted by molar-refractivity contribution is 5.93.